The average molecular weight is 497 g/mol. The summed E-state index contributed by atoms with van der Waals surface area (Å²) in [5, 5.41) is 0.476. The Morgan fingerprint density at radius 2 is 1.83 bits per heavy atom. The Hall–Kier alpha value is -2.18. The van der Waals surface area contributed by atoms with Gasteiger partial charge in [-0.05, 0) is 85.3 Å². The number of sulfonamides is 1. The largest absolute Gasteiger partial charge is 0.347 e. The third-order valence-corrected chi connectivity index (χ3v) is 9.66. The molecule has 35 heavy (non-hydrogen) atoms. The number of nitrogens with one attached hydrogen (secondary N) is 1. The molecule has 2 aliphatic carbocycles. The molecule has 0 bridgehead atoms. The molecule has 0 saturated heterocycles. The maximum Gasteiger partial charge on any atom is 0.215 e. The van der Waals surface area contributed by atoms with E-state index < -0.39 is 16.1 Å². The monoisotopic (exact) mass is 496 g/mol. The van der Waals surface area contributed by atoms with Crippen molar-refractivity contribution < 1.29 is 12.8 Å². The van der Waals surface area contributed by atoms with E-state index >= 15 is 4.39 Å². The molecule has 1 atom stereocenters. The Morgan fingerprint density at radius 3 is 2.51 bits per heavy atom. The van der Waals surface area contributed by atoms with Gasteiger partial charge in [-0.15, -0.1) is 0 Å². The second-order valence-electron chi connectivity index (χ2n) is 11.7. The molecular weight excluding hydrogens is 459 g/mol. The lowest BCUT2D eigenvalue weighted by molar-refractivity contribution is 0.349. The fourth-order valence-electron chi connectivity index (χ4n) is 5.65. The summed E-state index contributed by atoms with van der Waals surface area (Å²) in [6.07, 6.45) is 8.77. The second kappa shape index (κ2) is 9.04. The van der Waals surface area contributed by atoms with Gasteiger partial charge in [0.15, 0.2) is 0 Å². The number of rotatable bonds is 6. The first-order valence-corrected chi connectivity index (χ1v) is 14.5. The van der Waals surface area contributed by atoms with Gasteiger partial charge in [0.2, 0.25) is 10.0 Å². The smallest absolute Gasteiger partial charge is 0.215 e. The first-order chi connectivity index (χ1) is 16.5. The fraction of sp³-hybridized carbons (Fsp3) is 0.517. The Balaban J connectivity index is 1.62. The van der Waals surface area contributed by atoms with Crippen molar-refractivity contribution in [1.82, 2.24) is 9.29 Å². The van der Waals surface area contributed by atoms with E-state index in [1.165, 1.54) is 17.5 Å². The number of benzene rings is 2. The van der Waals surface area contributed by atoms with E-state index in [2.05, 4.69) is 36.1 Å². The molecule has 1 saturated carbocycles. The van der Waals surface area contributed by atoms with Gasteiger partial charge in [0.1, 0.15) is 5.82 Å². The van der Waals surface area contributed by atoms with Gasteiger partial charge in [0.05, 0.1) is 5.25 Å². The van der Waals surface area contributed by atoms with Gasteiger partial charge in [-0.25, -0.2) is 17.5 Å². The summed E-state index contributed by atoms with van der Waals surface area (Å²) in [7, 11) is -3.39. The van der Waals surface area contributed by atoms with Crippen molar-refractivity contribution in [2.45, 2.75) is 90.5 Å². The first-order valence-electron chi connectivity index (χ1n) is 13.0. The number of aryl methyl sites for hydroxylation is 1. The fourth-order valence-corrected chi connectivity index (χ4v) is 7.42. The van der Waals surface area contributed by atoms with Gasteiger partial charge >= 0.3 is 0 Å². The zero-order valence-corrected chi connectivity index (χ0v) is 22.1. The van der Waals surface area contributed by atoms with E-state index in [-0.39, 0.29) is 16.5 Å². The molecule has 1 heterocycles. The number of halogens is 1. The van der Waals surface area contributed by atoms with Crippen LogP contribution in [0.3, 0.4) is 0 Å². The molecule has 3 aromatic rings. The zero-order valence-electron chi connectivity index (χ0n) is 21.3. The Kier molecular flexibility index (Phi) is 6.33. The van der Waals surface area contributed by atoms with Crippen molar-refractivity contribution in [3.8, 4) is 11.1 Å². The molecule has 0 aliphatic heterocycles. The van der Waals surface area contributed by atoms with Gasteiger partial charge in [-0.3, -0.25) is 0 Å². The SMILES string of the molecule is C[C@@H](NS(=O)(=O)C1CCC1)c1cn(CC(C)(C)C)c2cc(-c3cccc4c3CCCC4)c(F)cc12. The normalized spacial score (nSPS) is 17.9. The van der Waals surface area contributed by atoms with Crippen molar-refractivity contribution >= 4 is 20.9 Å². The summed E-state index contributed by atoms with van der Waals surface area (Å²) >= 11 is 0. The molecule has 2 aromatic carbocycles. The van der Waals surface area contributed by atoms with Gasteiger partial charge in [-0.2, -0.15) is 0 Å². The van der Waals surface area contributed by atoms with Crippen LogP contribution in [0.15, 0.2) is 36.5 Å². The molecule has 4 nitrogen and oxygen atoms in total. The highest BCUT2D eigenvalue weighted by molar-refractivity contribution is 7.90. The van der Waals surface area contributed by atoms with E-state index in [0.29, 0.717) is 18.4 Å². The maximum atomic E-state index is 15.7. The van der Waals surface area contributed by atoms with E-state index in [1.54, 1.807) is 6.07 Å². The average Bonchev–Trinajstić information content (AvgIpc) is 3.06. The number of nitrogens with zero attached hydrogens (tertiary/aromatic N) is 1. The molecule has 0 unspecified atom stereocenters. The summed E-state index contributed by atoms with van der Waals surface area (Å²) in [5.74, 6) is -0.250. The standard InChI is InChI=1S/C29H37FN2O2S/c1-19(31-35(33,34)21-11-8-12-21)26-17-32(18-29(2,3)4)28-16-24(27(30)15-25(26)28)23-14-7-10-20-9-5-6-13-22(20)23/h7,10,14-17,19,21,31H,5-6,8-9,11-13,18H2,1-4H3/t19-/m1/s1. The Morgan fingerprint density at radius 1 is 1.09 bits per heavy atom. The highest BCUT2D eigenvalue weighted by atomic mass is 32.2. The predicted octanol–water partition coefficient (Wildman–Crippen LogP) is 6.91. The molecular formula is C29H37FN2O2S. The van der Waals surface area contributed by atoms with Crippen LogP contribution >= 0.6 is 0 Å². The summed E-state index contributed by atoms with van der Waals surface area (Å²) in [6, 6.07) is 9.43. The lowest BCUT2D eigenvalue weighted by atomic mass is 9.85. The maximum absolute atomic E-state index is 15.7. The van der Waals surface area contributed by atoms with Crippen LogP contribution < -0.4 is 4.72 Å². The van der Waals surface area contributed by atoms with Crippen molar-refractivity contribution in [3.05, 3.63) is 59.0 Å². The van der Waals surface area contributed by atoms with Gasteiger partial charge in [-0.1, -0.05) is 45.4 Å². The van der Waals surface area contributed by atoms with E-state index in [4.69, 9.17) is 0 Å². The first kappa shape index (κ1) is 24.5. The number of aromatic nitrogens is 1. The highest BCUT2D eigenvalue weighted by Crippen LogP contribution is 2.38. The zero-order chi connectivity index (χ0) is 25.0. The van der Waals surface area contributed by atoms with Crippen molar-refractivity contribution in [3.63, 3.8) is 0 Å². The predicted molar refractivity (Wildman–Crippen MR) is 142 cm³/mol. The van der Waals surface area contributed by atoms with Gasteiger partial charge < -0.3 is 4.57 Å². The van der Waals surface area contributed by atoms with Crippen LogP contribution in [-0.2, 0) is 29.4 Å². The summed E-state index contributed by atoms with van der Waals surface area (Å²) in [4.78, 5) is 0. The quantitative estimate of drug-likeness (QED) is 0.403. The third kappa shape index (κ3) is 4.79. The lowest BCUT2D eigenvalue weighted by Gasteiger charge is -2.27. The van der Waals surface area contributed by atoms with E-state index in [9.17, 15) is 8.42 Å². The second-order valence-corrected chi connectivity index (χ2v) is 13.7. The number of fused-ring (bicyclic) bond motifs is 2. The molecule has 2 aliphatic rings. The van der Waals surface area contributed by atoms with E-state index in [0.717, 1.165) is 54.3 Å². The molecule has 188 valence electrons. The third-order valence-electron chi connectivity index (χ3n) is 7.63. The molecule has 0 radical (unpaired) electrons. The minimum atomic E-state index is -3.39. The van der Waals surface area contributed by atoms with Crippen molar-refractivity contribution in [1.29, 1.82) is 0 Å². The molecule has 0 amide bonds. The van der Waals surface area contributed by atoms with Crippen LogP contribution in [0.2, 0.25) is 0 Å². The van der Waals surface area contributed by atoms with Crippen LogP contribution in [0, 0.1) is 11.2 Å². The van der Waals surface area contributed by atoms with Gasteiger partial charge in [0.25, 0.3) is 0 Å². The molecule has 5 rings (SSSR count). The molecule has 1 fully saturated rings. The van der Waals surface area contributed by atoms with Gasteiger partial charge in [0, 0.05) is 35.2 Å². The molecule has 1 aromatic heterocycles. The number of hydrogen-bond donors (Lipinski definition) is 1. The van der Waals surface area contributed by atoms with Crippen LogP contribution in [0.1, 0.15) is 82.5 Å². The molecule has 0 spiro atoms. The minimum absolute atomic E-state index is 0.0123. The molecule has 1 N–H and O–H groups in total. The number of hydrogen-bond acceptors (Lipinski definition) is 2. The Labute approximate surface area is 209 Å². The lowest BCUT2D eigenvalue weighted by Crippen LogP contribution is -2.39. The topological polar surface area (TPSA) is 51.1 Å². The van der Waals surface area contributed by atoms with E-state index in [1.807, 2.05) is 31.3 Å². The summed E-state index contributed by atoms with van der Waals surface area (Å²) < 4.78 is 46.4. The summed E-state index contributed by atoms with van der Waals surface area (Å²) in [6.45, 7) is 9.16. The van der Waals surface area contributed by atoms with Crippen LogP contribution in [0.4, 0.5) is 4.39 Å². The Bertz CT molecular complexity index is 1360. The molecule has 6 heteroatoms. The highest BCUT2D eigenvalue weighted by Gasteiger charge is 2.33. The van der Waals surface area contributed by atoms with Crippen molar-refractivity contribution in [2.75, 3.05) is 0 Å². The van der Waals surface area contributed by atoms with Crippen LogP contribution in [0.5, 0.6) is 0 Å². The van der Waals surface area contributed by atoms with Crippen LogP contribution in [0.25, 0.3) is 22.0 Å². The minimum Gasteiger partial charge on any atom is -0.347 e. The summed E-state index contributed by atoms with van der Waals surface area (Å²) in [5.41, 5.74) is 6.02. The van der Waals surface area contributed by atoms with Crippen molar-refractivity contribution in [2.24, 2.45) is 5.41 Å². The van der Waals surface area contributed by atoms with Crippen LogP contribution in [-0.4, -0.2) is 18.2 Å².